The van der Waals surface area contributed by atoms with Gasteiger partial charge in [0.25, 0.3) is 0 Å². The van der Waals surface area contributed by atoms with Crippen LogP contribution in [0.2, 0.25) is 0 Å². The highest BCUT2D eigenvalue weighted by Gasteiger charge is 2.52. The first kappa shape index (κ1) is 24.2. The molecule has 1 aromatic rings. The minimum atomic E-state index is -4.52. The maximum absolute atomic E-state index is 12.8. The van der Waals surface area contributed by atoms with Gasteiger partial charge in [-0.1, -0.05) is 12.1 Å². The van der Waals surface area contributed by atoms with Crippen LogP contribution < -0.4 is 5.32 Å². The summed E-state index contributed by atoms with van der Waals surface area (Å²) >= 11 is 0. The molecule has 1 fully saturated rings. The molecule has 0 atom stereocenters. The summed E-state index contributed by atoms with van der Waals surface area (Å²) in [5.74, 6) is 0. The lowest BCUT2D eigenvalue weighted by atomic mass is 9.77. The number of ether oxygens (including phenoxy) is 1. The number of alkyl halides is 3. The van der Waals surface area contributed by atoms with E-state index in [0.29, 0.717) is 11.0 Å². The quantitative estimate of drug-likeness (QED) is 0.708. The van der Waals surface area contributed by atoms with Crippen molar-refractivity contribution in [1.29, 1.82) is 0 Å². The molecule has 1 N–H and O–H groups in total. The average Bonchev–Trinajstić information content (AvgIpc) is 2.77. The van der Waals surface area contributed by atoms with Crippen LogP contribution in [0.1, 0.15) is 59.7 Å². The summed E-state index contributed by atoms with van der Waals surface area (Å²) in [6, 6.07) is 2.20. The lowest BCUT2D eigenvalue weighted by Gasteiger charge is -2.32. The largest absolute Gasteiger partial charge is 0.492 e. The molecule has 0 unspecified atom stereocenters. The lowest BCUT2D eigenvalue weighted by Crippen LogP contribution is -2.41. The average molecular weight is 428 g/mol. The number of alkyl carbamates (subject to hydrolysis) is 1. The number of rotatable bonds is 4. The molecular weight excluding hydrogens is 400 g/mol. The van der Waals surface area contributed by atoms with Crippen molar-refractivity contribution in [3.8, 4) is 0 Å². The molecular formula is C20H28BF3N2O4. The Hall–Kier alpha value is -2.07. The Morgan fingerprint density at radius 3 is 2.17 bits per heavy atom. The third kappa shape index (κ3) is 6.22. The SMILES string of the molecule is CC(C)(C)OC(=O)NCC(=Cc1ccc(C(F)(F)F)nc1)B1OC(C)(C)C(C)(C)O1. The van der Waals surface area contributed by atoms with Crippen molar-refractivity contribution in [2.45, 2.75) is 71.4 Å². The Bertz CT molecular complexity index is 784. The van der Waals surface area contributed by atoms with Gasteiger partial charge in [-0.05, 0) is 65.6 Å². The zero-order valence-corrected chi connectivity index (χ0v) is 18.3. The molecule has 1 amide bonds. The highest BCUT2D eigenvalue weighted by atomic mass is 19.4. The molecule has 30 heavy (non-hydrogen) atoms. The van der Waals surface area contributed by atoms with E-state index in [4.69, 9.17) is 14.0 Å². The highest BCUT2D eigenvalue weighted by molar-refractivity contribution is 6.56. The Labute approximate surface area is 175 Å². The van der Waals surface area contributed by atoms with Crippen molar-refractivity contribution in [2.75, 3.05) is 6.54 Å². The molecule has 0 radical (unpaired) electrons. The van der Waals surface area contributed by atoms with Gasteiger partial charge in [-0.2, -0.15) is 13.2 Å². The molecule has 1 aromatic heterocycles. The first-order valence-electron chi connectivity index (χ1n) is 9.56. The van der Waals surface area contributed by atoms with Gasteiger partial charge in [-0.3, -0.25) is 4.98 Å². The third-order valence-corrected chi connectivity index (χ3v) is 4.82. The van der Waals surface area contributed by atoms with Crippen LogP contribution in [0.25, 0.3) is 6.08 Å². The van der Waals surface area contributed by atoms with E-state index in [2.05, 4.69) is 10.3 Å². The molecule has 1 saturated heterocycles. The van der Waals surface area contributed by atoms with E-state index in [-0.39, 0.29) is 6.54 Å². The van der Waals surface area contributed by atoms with Gasteiger partial charge >= 0.3 is 19.4 Å². The molecule has 2 heterocycles. The molecule has 1 aliphatic heterocycles. The summed E-state index contributed by atoms with van der Waals surface area (Å²) < 4.78 is 55.6. The normalized spacial score (nSPS) is 19.0. The fraction of sp³-hybridized carbons (Fsp3) is 0.600. The smallest absolute Gasteiger partial charge is 0.444 e. The third-order valence-electron chi connectivity index (χ3n) is 4.82. The summed E-state index contributed by atoms with van der Waals surface area (Å²) in [7, 11) is -0.799. The number of hydrogen-bond acceptors (Lipinski definition) is 5. The van der Waals surface area contributed by atoms with Crippen LogP contribution in [0.5, 0.6) is 0 Å². The lowest BCUT2D eigenvalue weighted by molar-refractivity contribution is -0.141. The summed E-state index contributed by atoms with van der Waals surface area (Å²) in [6.07, 6.45) is -2.45. The Kier molecular flexibility index (Phi) is 6.64. The molecule has 166 valence electrons. The fourth-order valence-corrected chi connectivity index (χ4v) is 2.56. The highest BCUT2D eigenvalue weighted by Crippen LogP contribution is 2.38. The summed E-state index contributed by atoms with van der Waals surface area (Å²) in [5.41, 5.74) is -1.97. The molecule has 1 aliphatic rings. The molecule has 0 aliphatic carbocycles. The molecule has 0 aromatic carbocycles. The monoisotopic (exact) mass is 428 g/mol. The van der Waals surface area contributed by atoms with Gasteiger partial charge in [0, 0.05) is 12.7 Å². The Balaban J connectivity index is 2.27. The van der Waals surface area contributed by atoms with E-state index >= 15 is 0 Å². The van der Waals surface area contributed by atoms with E-state index in [1.807, 2.05) is 27.7 Å². The van der Waals surface area contributed by atoms with Gasteiger partial charge in [0.1, 0.15) is 11.3 Å². The van der Waals surface area contributed by atoms with E-state index < -0.39 is 41.9 Å². The first-order valence-corrected chi connectivity index (χ1v) is 9.56. The summed E-state index contributed by atoms with van der Waals surface area (Å²) in [5, 5.41) is 2.64. The van der Waals surface area contributed by atoms with Crippen molar-refractivity contribution in [3.63, 3.8) is 0 Å². The van der Waals surface area contributed by atoms with Crippen LogP contribution in [0.3, 0.4) is 0 Å². The minimum absolute atomic E-state index is 0.0206. The van der Waals surface area contributed by atoms with Crippen molar-refractivity contribution < 1.29 is 32.0 Å². The predicted octanol–water partition coefficient (Wildman–Crippen LogP) is 4.64. The van der Waals surface area contributed by atoms with Gasteiger partial charge in [0.15, 0.2) is 0 Å². The molecule has 0 spiro atoms. The predicted molar refractivity (Wildman–Crippen MR) is 108 cm³/mol. The molecule has 0 bridgehead atoms. The van der Waals surface area contributed by atoms with Crippen molar-refractivity contribution in [1.82, 2.24) is 10.3 Å². The number of hydrogen-bond donors (Lipinski definition) is 1. The van der Waals surface area contributed by atoms with Crippen LogP contribution in [0.4, 0.5) is 18.0 Å². The molecule has 10 heteroatoms. The number of halogens is 3. The zero-order chi connectivity index (χ0) is 23.0. The van der Waals surface area contributed by atoms with Gasteiger partial charge in [0.2, 0.25) is 0 Å². The van der Waals surface area contributed by atoms with Crippen LogP contribution in [-0.4, -0.2) is 41.5 Å². The molecule has 0 saturated carbocycles. The van der Waals surface area contributed by atoms with E-state index in [1.165, 1.54) is 6.07 Å². The van der Waals surface area contributed by atoms with Gasteiger partial charge < -0.3 is 19.4 Å². The number of carbonyl (C=O) groups is 1. The Morgan fingerprint density at radius 2 is 1.73 bits per heavy atom. The van der Waals surface area contributed by atoms with Crippen LogP contribution >= 0.6 is 0 Å². The van der Waals surface area contributed by atoms with Crippen molar-refractivity contribution in [3.05, 3.63) is 35.1 Å². The Morgan fingerprint density at radius 1 is 1.17 bits per heavy atom. The van der Waals surface area contributed by atoms with Crippen LogP contribution in [0.15, 0.2) is 23.8 Å². The second-order valence-corrected chi connectivity index (χ2v) is 9.14. The van der Waals surface area contributed by atoms with Crippen molar-refractivity contribution in [2.24, 2.45) is 0 Å². The minimum Gasteiger partial charge on any atom is -0.444 e. The number of nitrogens with zero attached hydrogens (tertiary/aromatic N) is 1. The number of amides is 1. The number of carbonyl (C=O) groups excluding carboxylic acids is 1. The van der Waals surface area contributed by atoms with E-state index in [9.17, 15) is 18.0 Å². The summed E-state index contributed by atoms with van der Waals surface area (Å²) in [6.45, 7) is 12.8. The van der Waals surface area contributed by atoms with E-state index in [0.717, 1.165) is 12.3 Å². The summed E-state index contributed by atoms with van der Waals surface area (Å²) in [4.78, 5) is 15.5. The van der Waals surface area contributed by atoms with Gasteiger partial charge in [0.05, 0.1) is 11.2 Å². The zero-order valence-electron chi connectivity index (χ0n) is 18.3. The molecule has 6 nitrogen and oxygen atoms in total. The second-order valence-electron chi connectivity index (χ2n) is 9.14. The second kappa shape index (κ2) is 8.22. The number of aromatic nitrogens is 1. The first-order chi connectivity index (χ1) is 13.5. The van der Waals surface area contributed by atoms with Gasteiger partial charge in [-0.25, -0.2) is 4.79 Å². The molecule has 2 rings (SSSR count). The van der Waals surface area contributed by atoms with E-state index in [1.54, 1.807) is 26.8 Å². The topological polar surface area (TPSA) is 69.7 Å². The van der Waals surface area contributed by atoms with Gasteiger partial charge in [-0.15, -0.1) is 0 Å². The van der Waals surface area contributed by atoms with Crippen LogP contribution in [-0.2, 0) is 20.2 Å². The maximum atomic E-state index is 12.8. The number of pyridine rings is 1. The standard InChI is InChI=1S/C20H28BF3N2O4/c1-17(2,3)28-16(27)26-12-14(21-29-18(4,5)19(6,7)30-21)10-13-8-9-15(25-11-13)20(22,23)24/h8-11H,12H2,1-7H3,(H,26,27). The maximum Gasteiger partial charge on any atom is 0.492 e. The van der Waals surface area contributed by atoms with Crippen LogP contribution in [0, 0.1) is 0 Å². The van der Waals surface area contributed by atoms with Crippen molar-refractivity contribution >= 4 is 19.3 Å². The fourth-order valence-electron chi connectivity index (χ4n) is 2.56. The number of nitrogens with one attached hydrogen (secondary N) is 1.